The largest absolute Gasteiger partial charge is 0.494 e. The zero-order chi connectivity index (χ0) is 17.1. The Bertz CT molecular complexity index is 866. The molecule has 24 heavy (non-hydrogen) atoms. The van der Waals surface area contributed by atoms with Gasteiger partial charge in [-0.3, -0.25) is 4.79 Å². The molecule has 0 atom stereocenters. The first-order valence-corrected chi connectivity index (χ1v) is 8.14. The van der Waals surface area contributed by atoms with Gasteiger partial charge >= 0.3 is 0 Å². The molecule has 3 aromatic rings. The lowest BCUT2D eigenvalue weighted by molar-refractivity contribution is 0.102. The van der Waals surface area contributed by atoms with Crippen LogP contribution >= 0.6 is 0 Å². The van der Waals surface area contributed by atoms with Crippen LogP contribution in [0.1, 0.15) is 35.6 Å². The lowest BCUT2D eigenvalue weighted by atomic mass is 10.2. The Balaban J connectivity index is 1.81. The van der Waals surface area contributed by atoms with E-state index in [0.29, 0.717) is 12.2 Å². The molecule has 1 aromatic carbocycles. The van der Waals surface area contributed by atoms with Gasteiger partial charge in [0.15, 0.2) is 0 Å². The number of aromatic nitrogens is 2. The van der Waals surface area contributed by atoms with Gasteiger partial charge in [-0.05, 0) is 56.7 Å². The molecule has 5 heteroatoms. The van der Waals surface area contributed by atoms with Gasteiger partial charge in [0.05, 0.1) is 17.9 Å². The molecule has 0 spiro atoms. The summed E-state index contributed by atoms with van der Waals surface area (Å²) in [7, 11) is 0. The van der Waals surface area contributed by atoms with Gasteiger partial charge in [-0.2, -0.15) is 0 Å². The number of nitrogens with one attached hydrogen (secondary N) is 1. The molecule has 2 aromatic heterocycles. The number of hydrogen-bond donors (Lipinski definition) is 1. The van der Waals surface area contributed by atoms with Crippen molar-refractivity contribution >= 4 is 17.2 Å². The molecule has 2 heterocycles. The average Bonchev–Trinajstić information content (AvgIpc) is 2.92. The van der Waals surface area contributed by atoms with Gasteiger partial charge in [0.1, 0.15) is 11.4 Å². The molecule has 0 radical (unpaired) electrons. The predicted molar refractivity (Wildman–Crippen MR) is 94.9 cm³/mol. The zero-order valence-corrected chi connectivity index (χ0v) is 14.2. The third kappa shape index (κ3) is 3.11. The van der Waals surface area contributed by atoms with Crippen LogP contribution in [0.3, 0.4) is 0 Å². The Morgan fingerprint density at radius 2 is 1.92 bits per heavy atom. The topological polar surface area (TPSA) is 55.6 Å². The number of aryl methyl sites for hydroxylation is 2. The summed E-state index contributed by atoms with van der Waals surface area (Å²) in [6.07, 6.45) is 2.71. The van der Waals surface area contributed by atoms with Gasteiger partial charge in [-0.15, -0.1) is 0 Å². The van der Waals surface area contributed by atoms with Crippen molar-refractivity contribution in [2.75, 3.05) is 11.9 Å². The van der Waals surface area contributed by atoms with Crippen molar-refractivity contribution in [3.05, 3.63) is 59.5 Å². The van der Waals surface area contributed by atoms with E-state index in [1.54, 1.807) is 6.07 Å². The van der Waals surface area contributed by atoms with Crippen LogP contribution in [0.4, 0.5) is 5.69 Å². The molecule has 0 saturated carbocycles. The Morgan fingerprint density at radius 3 is 2.58 bits per heavy atom. The molecule has 5 nitrogen and oxygen atoms in total. The maximum atomic E-state index is 12.5. The average molecular weight is 323 g/mol. The SMILES string of the molecule is CCOc1ccc(NC(=O)c2ccc3nc(CC)c(C)n3c2)cc1. The number of benzene rings is 1. The van der Waals surface area contributed by atoms with Crippen molar-refractivity contribution in [3.8, 4) is 5.75 Å². The molecule has 0 unspecified atom stereocenters. The fraction of sp³-hybridized carbons (Fsp3) is 0.263. The molecule has 0 aliphatic rings. The Morgan fingerprint density at radius 1 is 1.17 bits per heavy atom. The van der Waals surface area contributed by atoms with Gasteiger partial charge in [0, 0.05) is 17.6 Å². The number of hydrogen-bond acceptors (Lipinski definition) is 3. The van der Waals surface area contributed by atoms with E-state index in [0.717, 1.165) is 34.9 Å². The number of fused-ring (bicyclic) bond motifs is 1. The van der Waals surface area contributed by atoms with Crippen molar-refractivity contribution < 1.29 is 9.53 Å². The highest BCUT2D eigenvalue weighted by Gasteiger charge is 2.11. The van der Waals surface area contributed by atoms with Crippen molar-refractivity contribution in [1.29, 1.82) is 0 Å². The first-order chi connectivity index (χ1) is 11.6. The Hall–Kier alpha value is -2.82. The number of ether oxygens (including phenoxy) is 1. The summed E-state index contributed by atoms with van der Waals surface area (Å²) in [5.74, 6) is 0.644. The smallest absolute Gasteiger partial charge is 0.257 e. The zero-order valence-electron chi connectivity index (χ0n) is 14.2. The van der Waals surface area contributed by atoms with E-state index in [-0.39, 0.29) is 5.91 Å². The van der Waals surface area contributed by atoms with E-state index in [4.69, 9.17) is 4.74 Å². The van der Waals surface area contributed by atoms with Crippen LogP contribution in [0.15, 0.2) is 42.6 Å². The van der Waals surface area contributed by atoms with Gasteiger partial charge in [0.25, 0.3) is 5.91 Å². The predicted octanol–water partition coefficient (Wildman–Crippen LogP) is 3.86. The van der Waals surface area contributed by atoms with Crippen molar-refractivity contribution in [1.82, 2.24) is 9.38 Å². The molecule has 0 fully saturated rings. The van der Waals surface area contributed by atoms with Crippen LogP contribution in [0, 0.1) is 6.92 Å². The van der Waals surface area contributed by atoms with Gasteiger partial charge in [0.2, 0.25) is 0 Å². The van der Waals surface area contributed by atoms with Crippen LogP contribution in [0.25, 0.3) is 5.65 Å². The highest BCUT2D eigenvalue weighted by atomic mass is 16.5. The number of amides is 1. The van der Waals surface area contributed by atoms with Crippen LogP contribution in [-0.4, -0.2) is 21.9 Å². The van der Waals surface area contributed by atoms with Gasteiger partial charge in [-0.1, -0.05) is 6.92 Å². The number of pyridine rings is 1. The van der Waals surface area contributed by atoms with E-state index < -0.39 is 0 Å². The van der Waals surface area contributed by atoms with Crippen LogP contribution < -0.4 is 10.1 Å². The quantitative estimate of drug-likeness (QED) is 0.776. The summed E-state index contributed by atoms with van der Waals surface area (Å²) >= 11 is 0. The molecular weight excluding hydrogens is 302 g/mol. The highest BCUT2D eigenvalue weighted by molar-refractivity contribution is 6.04. The highest BCUT2D eigenvalue weighted by Crippen LogP contribution is 2.18. The normalized spacial score (nSPS) is 10.8. The minimum Gasteiger partial charge on any atom is -0.494 e. The van der Waals surface area contributed by atoms with E-state index in [1.807, 2.05) is 54.8 Å². The molecular formula is C19H21N3O2. The third-order valence-electron chi connectivity index (χ3n) is 3.98. The first-order valence-electron chi connectivity index (χ1n) is 8.14. The Labute approximate surface area is 141 Å². The van der Waals surface area contributed by atoms with Crippen molar-refractivity contribution in [3.63, 3.8) is 0 Å². The second kappa shape index (κ2) is 6.74. The van der Waals surface area contributed by atoms with Crippen molar-refractivity contribution in [2.24, 2.45) is 0 Å². The molecule has 0 saturated heterocycles. The van der Waals surface area contributed by atoms with E-state index in [9.17, 15) is 4.79 Å². The summed E-state index contributed by atoms with van der Waals surface area (Å²) in [5, 5.41) is 2.90. The lowest BCUT2D eigenvalue weighted by Crippen LogP contribution is -2.12. The molecule has 1 amide bonds. The summed E-state index contributed by atoms with van der Waals surface area (Å²) < 4.78 is 7.37. The van der Waals surface area contributed by atoms with Crippen LogP contribution in [-0.2, 0) is 6.42 Å². The summed E-state index contributed by atoms with van der Waals surface area (Å²) in [6, 6.07) is 11.0. The second-order valence-electron chi connectivity index (χ2n) is 5.55. The number of imidazole rings is 1. The summed E-state index contributed by atoms with van der Waals surface area (Å²) in [6.45, 7) is 6.66. The van der Waals surface area contributed by atoms with E-state index in [2.05, 4.69) is 17.2 Å². The fourth-order valence-corrected chi connectivity index (χ4v) is 2.68. The molecule has 1 N–H and O–H groups in total. The molecule has 124 valence electrons. The maximum Gasteiger partial charge on any atom is 0.257 e. The van der Waals surface area contributed by atoms with Crippen LogP contribution in [0.5, 0.6) is 5.75 Å². The number of rotatable bonds is 5. The fourth-order valence-electron chi connectivity index (χ4n) is 2.68. The summed E-state index contributed by atoms with van der Waals surface area (Å²) in [4.78, 5) is 17.0. The number of carbonyl (C=O) groups excluding carboxylic acids is 1. The monoisotopic (exact) mass is 323 g/mol. The number of carbonyl (C=O) groups is 1. The summed E-state index contributed by atoms with van der Waals surface area (Å²) in [5.41, 5.74) is 4.32. The van der Waals surface area contributed by atoms with Gasteiger partial charge in [-0.25, -0.2) is 4.98 Å². The molecule has 0 bridgehead atoms. The standard InChI is InChI=1S/C19H21N3O2/c1-4-17-13(3)22-12-14(6-11-18(22)21-17)19(23)20-15-7-9-16(10-8-15)24-5-2/h6-12H,4-5H2,1-3H3,(H,20,23). The second-order valence-corrected chi connectivity index (χ2v) is 5.55. The minimum atomic E-state index is -0.146. The molecule has 0 aliphatic carbocycles. The molecule has 3 rings (SSSR count). The van der Waals surface area contributed by atoms with E-state index in [1.165, 1.54) is 0 Å². The van der Waals surface area contributed by atoms with Crippen molar-refractivity contribution in [2.45, 2.75) is 27.2 Å². The molecule has 0 aliphatic heterocycles. The lowest BCUT2D eigenvalue weighted by Gasteiger charge is -2.08. The first kappa shape index (κ1) is 16.1. The number of nitrogens with zero attached hydrogens (tertiary/aromatic N) is 2. The number of anilines is 1. The van der Waals surface area contributed by atoms with E-state index >= 15 is 0 Å². The van der Waals surface area contributed by atoms with Crippen LogP contribution in [0.2, 0.25) is 0 Å². The Kier molecular flexibility index (Phi) is 4.51. The van der Waals surface area contributed by atoms with Gasteiger partial charge < -0.3 is 14.5 Å². The maximum absolute atomic E-state index is 12.5. The third-order valence-corrected chi connectivity index (χ3v) is 3.98. The minimum absolute atomic E-state index is 0.146.